The molecule has 0 aromatic heterocycles. The van der Waals surface area contributed by atoms with Gasteiger partial charge in [-0.2, -0.15) is 0 Å². The Bertz CT molecular complexity index is 1940. The van der Waals surface area contributed by atoms with Crippen molar-refractivity contribution in [1.29, 1.82) is 0 Å². The van der Waals surface area contributed by atoms with Crippen LogP contribution in [-0.4, -0.2) is 77.1 Å². The van der Waals surface area contributed by atoms with Crippen molar-refractivity contribution in [2.45, 2.75) is 82.6 Å². The van der Waals surface area contributed by atoms with Gasteiger partial charge in [-0.15, -0.1) is 6.58 Å². The number of aliphatic hydroxyl groups is 2. The standard InChI is InChI=1S/C45H55N3O10/c1-4-22-47(44(51)54-3)41-29-39(46-56-30-31-14-7-6-8-15-31)37-26-32(16-9-11-23-49)36(19-10-12-24-50)42-38-28-35(57-34-18-13-17-33(27-34)48(52)53)20-21-40(38)58-45(41,43(37)42)55-25-5-2/h5-8,13-15,17-18,20-21,26-28,32,36,41-43,49-50H,2,4,9-12,16,19,22-25,29-30H2,1,3H3. The zero-order valence-electron chi connectivity index (χ0n) is 33.4. The van der Waals surface area contributed by atoms with Crippen molar-refractivity contribution in [2.75, 3.05) is 33.5 Å². The molecule has 0 radical (unpaired) electrons. The molecule has 3 aromatic rings. The number of carbonyl (C=O) groups excluding carboxylic acids is 1. The van der Waals surface area contributed by atoms with Gasteiger partial charge in [0.2, 0.25) is 5.79 Å². The number of nitrogens with zero attached hydrogens (tertiary/aromatic N) is 3. The second-order valence-corrected chi connectivity index (χ2v) is 15.1. The summed E-state index contributed by atoms with van der Waals surface area (Å²) >= 11 is 0. The maximum absolute atomic E-state index is 13.8. The van der Waals surface area contributed by atoms with E-state index in [1.807, 2.05) is 49.4 Å². The first-order valence-corrected chi connectivity index (χ1v) is 20.3. The number of oxime groups is 1. The second-order valence-electron chi connectivity index (χ2n) is 15.1. The van der Waals surface area contributed by atoms with E-state index in [0.717, 1.165) is 42.4 Å². The number of amides is 1. The SMILES string of the molecule is C=CCOC12Oc3ccc(Oc4cccc([N+](=O)[O-])c4)cc3C3C(CCCCO)C(CCCCO)C=C(C(=NOCc4ccccc4)CC1N(CCC)C(=O)OC)C32. The van der Waals surface area contributed by atoms with Crippen LogP contribution in [0.15, 0.2) is 102 Å². The molecule has 1 amide bonds. The van der Waals surface area contributed by atoms with Gasteiger partial charge in [-0.3, -0.25) is 15.0 Å². The average Bonchev–Trinajstić information content (AvgIpc) is 3.24. The van der Waals surface area contributed by atoms with E-state index in [9.17, 15) is 25.1 Å². The summed E-state index contributed by atoms with van der Waals surface area (Å²) in [5.41, 5.74) is 3.32. The molecular formula is C45H55N3O10. The molecule has 13 nitrogen and oxygen atoms in total. The maximum atomic E-state index is 13.8. The summed E-state index contributed by atoms with van der Waals surface area (Å²) in [6.07, 6.45) is 8.72. The lowest BCUT2D eigenvalue weighted by atomic mass is 9.55. The van der Waals surface area contributed by atoms with Gasteiger partial charge in [0.15, 0.2) is 0 Å². The molecular weight excluding hydrogens is 743 g/mol. The molecule has 6 rings (SSSR count). The number of fused-ring (bicyclic) bond motifs is 2. The smallest absolute Gasteiger partial charge is 0.409 e. The van der Waals surface area contributed by atoms with Crippen LogP contribution >= 0.6 is 0 Å². The van der Waals surface area contributed by atoms with E-state index in [-0.39, 0.29) is 56.3 Å². The van der Waals surface area contributed by atoms with Crippen LogP contribution in [0.4, 0.5) is 10.5 Å². The second kappa shape index (κ2) is 20.0. The highest BCUT2D eigenvalue weighted by molar-refractivity contribution is 6.03. The van der Waals surface area contributed by atoms with Gasteiger partial charge < -0.3 is 34.0 Å². The normalized spacial score (nSPS) is 23.8. The van der Waals surface area contributed by atoms with Gasteiger partial charge >= 0.3 is 6.09 Å². The number of nitro groups is 1. The summed E-state index contributed by atoms with van der Waals surface area (Å²) < 4.78 is 25.9. The molecule has 310 valence electrons. The molecule has 1 aliphatic heterocycles. The summed E-state index contributed by atoms with van der Waals surface area (Å²) in [5.74, 6) is -0.820. The first-order valence-electron chi connectivity index (χ1n) is 20.3. The third-order valence-corrected chi connectivity index (χ3v) is 11.4. The van der Waals surface area contributed by atoms with Crippen LogP contribution in [0, 0.1) is 27.9 Å². The number of carbonyl (C=O) groups is 1. The van der Waals surface area contributed by atoms with Crippen molar-refractivity contribution in [3.8, 4) is 17.2 Å². The highest BCUT2D eigenvalue weighted by Crippen LogP contribution is 2.62. The molecule has 1 fully saturated rings. The molecule has 3 aromatic carbocycles. The van der Waals surface area contributed by atoms with E-state index in [4.69, 9.17) is 28.9 Å². The highest BCUT2D eigenvalue weighted by Gasteiger charge is 2.65. The number of methoxy groups -OCH3 is 1. The lowest BCUT2D eigenvalue weighted by Gasteiger charge is -2.59. The molecule has 2 N–H and O–H groups in total. The average molecular weight is 798 g/mol. The Labute approximate surface area is 340 Å². The Morgan fingerprint density at radius 3 is 2.50 bits per heavy atom. The van der Waals surface area contributed by atoms with Crippen molar-refractivity contribution in [3.63, 3.8) is 0 Å². The van der Waals surface area contributed by atoms with Crippen LogP contribution < -0.4 is 9.47 Å². The van der Waals surface area contributed by atoms with E-state index < -0.39 is 28.8 Å². The lowest BCUT2D eigenvalue weighted by Crippen LogP contribution is -2.70. The molecule has 6 unspecified atom stereocenters. The van der Waals surface area contributed by atoms with Crippen LogP contribution in [0.2, 0.25) is 0 Å². The van der Waals surface area contributed by atoms with Crippen molar-refractivity contribution in [2.24, 2.45) is 22.9 Å². The summed E-state index contributed by atoms with van der Waals surface area (Å²) in [6, 6.07) is 20.7. The zero-order chi connectivity index (χ0) is 41.1. The van der Waals surface area contributed by atoms with E-state index in [1.165, 1.54) is 19.2 Å². The predicted molar refractivity (Wildman–Crippen MR) is 219 cm³/mol. The van der Waals surface area contributed by atoms with Crippen LogP contribution in [0.25, 0.3) is 0 Å². The van der Waals surface area contributed by atoms with E-state index >= 15 is 0 Å². The first kappa shape index (κ1) is 42.4. The van der Waals surface area contributed by atoms with Crippen molar-refractivity contribution in [3.05, 3.63) is 118 Å². The number of hydrogen-bond donors (Lipinski definition) is 2. The number of rotatable bonds is 20. The van der Waals surface area contributed by atoms with Gasteiger partial charge in [0.1, 0.15) is 29.9 Å². The fourth-order valence-electron chi connectivity index (χ4n) is 9.00. The first-order chi connectivity index (χ1) is 28.3. The minimum Gasteiger partial charge on any atom is -0.459 e. The van der Waals surface area contributed by atoms with E-state index in [2.05, 4.69) is 12.7 Å². The third-order valence-electron chi connectivity index (χ3n) is 11.4. The summed E-state index contributed by atoms with van der Waals surface area (Å²) in [4.78, 5) is 32.7. The monoisotopic (exact) mass is 797 g/mol. The third kappa shape index (κ3) is 9.22. The summed E-state index contributed by atoms with van der Waals surface area (Å²) in [6.45, 7) is 6.85. The molecule has 0 bridgehead atoms. The summed E-state index contributed by atoms with van der Waals surface area (Å²) in [7, 11) is 1.37. The van der Waals surface area contributed by atoms with Crippen molar-refractivity contribution in [1.82, 2.24) is 4.90 Å². The molecule has 58 heavy (non-hydrogen) atoms. The topological polar surface area (TPSA) is 162 Å². The van der Waals surface area contributed by atoms with E-state index in [0.29, 0.717) is 48.8 Å². The van der Waals surface area contributed by atoms with Crippen LogP contribution in [-0.2, 0) is 20.9 Å². The molecule has 3 aliphatic rings. The highest BCUT2D eigenvalue weighted by atomic mass is 16.7. The van der Waals surface area contributed by atoms with Crippen LogP contribution in [0.5, 0.6) is 17.2 Å². The fraction of sp³-hybridized carbons (Fsp3) is 0.467. The number of aliphatic hydroxyl groups excluding tert-OH is 2. The molecule has 13 heteroatoms. The Morgan fingerprint density at radius 1 is 1.03 bits per heavy atom. The van der Waals surface area contributed by atoms with Gasteiger partial charge in [-0.25, -0.2) is 4.79 Å². The molecule has 1 heterocycles. The Morgan fingerprint density at radius 2 is 1.79 bits per heavy atom. The Kier molecular flexibility index (Phi) is 14.6. The van der Waals surface area contributed by atoms with Crippen molar-refractivity contribution >= 4 is 17.5 Å². The Hall–Kier alpha value is -5.24. The van der Waals surface area contributed by atoms with Gasteiger partial charge in [0.25, 0.3) is 5.69 Å². The number of unbranched alkanes of at least 4 members (excludes halogenated alkanes) is 2. The van der Waals surface area contributed by atoms with Gasteiger partial charge in [0.05, 0.1) is 36.3 Å². The van der Waals surface area contributed by atoms with Gasteiger partial charge in [-0.1, -0.05) is 73.5 Å². The number of ether oxygens (including phenoxy) is 4. The molecule has 0 spiro atoms. The van der Waals surface area contributed by atoms with Gasteiger partial charge in [-0.05, 0) is 79.3 Å². The molecule has 6 atom stereocenters. The zero-order valence-corrected chi connectivity index (χ0v) is 33.4. The Balaban J connectivity index is 1.57. The van der Waals surface area contributed by atoms with E-state index in [1.54, 1.807) is 29.2 Å². The fourth-order valence-corrected chi connectivity index (χ4v) is 9.00. The molecule has 2 aliphatic carbocycles. The number of non-ortho nitro benzene ring substituents is 1. The number of nitro benzene ring substituents is 1. The largest absolute Gasteiger partial charge is 0.459 e. The predicted octanol–water partition coefficient (Wildman–Crippen LogP) is 8.70. The maximum Gasteiger partial charge on any atom is 0.409 e. The number of allylic oxidation sites excluding steroid dienone is 1. The lowest BCUT2D eigenvalue weighted by molar-refractivity contribution is -0.384. The number of benzene rings is 3. The van der Waals surface area contributed by atoms with Crippen LogP contribution in [0.1, 0.15) is 75.3 Å². The molecule has 1 saturated carbocycles. The quantitative estimate of drug-likeness (QED) is 0.0490. The minimum absolute atomic E-state index is 0.00407. The van der Waals surface area contributed by atoms with Crippen LogP contribution in [0.3, 0.4) is 0 Å². The summed E-state index contributed by atoms with van der Waals surface area (Å²) in [5, 5.41) is 36.2. The van der Waals surface area contributed by atoms with Crippen molar-refractivity contribution < 1.29 is 43.7 Å². The van der Waals surface area contributed by atoms with Gasteiger partial charge in [0, 0.05) is 43.7 Å². The number of hydrogen-bond acceptors (Lipinski definition) is 11. The minimum atomic E-state index is -1.42. The molecule has 0 saturated heterocycles.